The zero-order valence-electron chi connectivity index (χ0n) is 38.8. The van der Waals surface area contributed by atoms with Crippen molar-refractivity contribution in [1.82, 2.24) is 40.1 Å². The fourth-order valence-electron chi connectivity index (χ4n) is 10.2. The Morgan fingerprint density at radius 1 is 1.13 bits per heavy atom. The quantitative estimate of drug-likeness (QED) is 0.190. The molecular weight excluding hydrogens is 815 g/mol. The number of anilines is 1. The minimum Gasteiger partial charge on any atom is -0.464 e. The lowest BCUT2D eigenvalue weighted by Crippen LogP contribution is -2.69. The monoisotopic (exact) mass is 881 g/mol. The molecule has 0 radical (unpaired) electrons. The maximum absolute atomic E-state index is 14.5. The van der Waals surface area contributed by atoms with Gasteiger partial charge in [-0.1, -0.05) is 33.8 Å². The Kier molecular flexibility index (Phi) is 13.1. The second-order valence-corrected chi connectivity index (χ2v) is 20.0. The molecule has 6 heterocycles. The number of fused-ring (bicyclic) bond motifs is 6. The van der Waals surface area contributed by atoms with Crippen LogP contribution in [-0.4, -0.2) is 132 Å². The molecule has 0 unspecified atom stereocenters. The number of ether oxygens (including phenoxy) is 2. The molecule has 1 aromatic carbocycles. The maximum atomic E-state index is 14.5. The number of esters is 1. The maximum Gasteiger partial charge on any atom is 0.324 e. The summed E-state index contributed by atoms with van der Waals surface area (Å²) in [5.41, 5.74) is 10.2. The third kappa shape index (κ3) is 8.63. The molecule has 3 aliphatic heterocycles. The molecule has 63 heavy (non-hydrogen) atoms. The third-order valence-corrected chi connectivity index (χ3v) is 15.3. The van der Waals surface area contributed by atoms with E-state index in [1.165, 1.54) is 16.3 Å². The first-order valence-electron chi connectivity index (χ1n) is 23.0. The van der Waals surface area contributed by atoms with E-state index < -0.39 is 29.0 Å². The van der Waals surface area contributed by atoms with Crippen LogP contribution in [0.2, 0.25) is 0 Å². The Bertz CT molecular complexity index is 2330. The number of carbonyl (C=O) groups excluding carboxylic acids is 3. The smallest absolute Gasteiger partial charge is 0.324 e. The summed E-state index contributed by atoms with van der Waals surface area (Å²) in [4.78, 5) is 60.0. The van der Waals surface area contributed by atoms with Crippen LogP contribution in [0.4, 0.5) is 5.69 Å². The van der Waals surface area contributed by atoms with Crippen molar-refractivity contribution >= 4 is 45.7 Å². The number of rotatable bonds is 9. The summed E-state index contributed by atoms with van der Waals surface area (Å²) in [5, 5.41) is 8.63. The number of hydrogen-bond donors (Lipinski definition) is 2. The van der Waals surface area contributed by atoms with Gasteiger partial charge in [0.25, 0.3) is 5.91 Å². The van der Waals surface area contributed by atoms with E-state index in [0.717, 1.165) is 101 Å². The topological polar surface area (TPSA) is 137 Å². The van der Waals surface area contributed by atoms with Crippen LogP contribution < -0.4 is 15.6 Å². The predicted molar refractivity (Wildman–Crippen MR) is 248 cm³/mol. The van der Waals surface area contributed by atoms with Crippen LogP contribution >= 0.6 is 11.3 Å². The molecule has 4 aromatic rings. The van der Waals surface area contributed by atoms with Crippen LogP contribution in [0.5, 0.6) is 0 Å². The molecule has 1 saturated carbocycles. The van der Waals surface area contributed by atoms with Crippen molar-refractivity contribution in [2.24, 2.45) is 11.3 Å². The van der Waals surface area contributed by atoms with E-state index in [4.69, 9.17) is 19.4 Å². The van der Waals surface area contributed by atoms with Crippen molar-refractivity contribution in [3.63, 3.8) is 0 Å². The van der Waals surface area contributed by atoms with Gasteiger partial charge >= 0.3 is 5.97 Å². The van der Waals surface area contributed by atoms with Crippen molar-refractivity contribution in [1.29, 1.82) is 0 Å². The second kappa shape index (κ2) is 18.2. The molecule has 2 amide bonds. The highest BCUT2D eigenvalue weighted by Crippen LogP contribution is 2.44. The zero-order valence-corrected chi connectivity index (χ0v) is 39.6. The number of likely N-dealkylation sites (N-methyl/N-ethyl adjacent to an activating group) is 2. The number of piperazine rings is 1. The molecule has 14 nitrogen and oxygen atoms in total. The molecule has 6 bridgehead atoms. The van der Waals surface area contributed by atoms with E-state index in [0.29, 0.717) is 32.4 Å². The van der Waals surface area contributed by atoms with Gasteiger partial charge in [0, 0.05) is 85.6 Å². The molecule has 0 spiro atoms. The SMILES string of the molecule is CCN(C)[C@]1(C(=O)N[C@H]2Cc3nc(cs3)-c3ccc4c(c3)c(c(-c3cc(N5CCN(C)CC5)cnc3[C@H](C)OC)n4CC)CC(C)(C)COC(=O)[C@@H]3CCCN(N3)C2=O)CC[C@@H]1C. The minimum atomic E-state index is -0.888. The lowest BCUT2D eigenvalue weighted by atomic mass is 9.65. The van der Waals surface area contributed by atoms with Crippen LogP contribution in [0.1, 0.15) is 89.6 Å². The first kappa shape index (κ1) is 45.2. The Labute approximate surface area is 376 Å². The van der Waals surface area contributed by atoms with Gasteiger partial charge in [0.05, 0.1) is 46.7 Å². The lowest BCUT2D eigenvalue weighted by molar-refractivity contribution is -0.156. The number of aryl methyl sites for hydroxylation is 1. The molecule has 15 heteroatoms. The highest BCUT2D eigenvalue weighted by atomic mass is 32.1. The third-order valence-electron chi connectivity index (χ3n) is 14.4. The number of nitrogens with one attached hydrogen (secondary N) is 2. The normalized spacial score (nSPS) is 25.1. The standard InChI is InChI=1S/C48H67N9O5S/c1-10-54(8)48(17-16-30(48)3)46(60)51-38-25-41-50-39(28-63-41)32-14-15-40-34(23-32)36(26-47(5,6)29-62-45(59)37-13-12-18-57(52-37)44(38)58)43(56(40)11-2)35-24-33(27-49-42(35)31(4)61-9)55-21-19-53(7)20-22-55/h14-15,23-24,27-28,30-31,37-38,52H,10-13,16-22,25-26,29H2,1-9H3,(H,51,60)/t30-,31-,37-,38-,48+/m0/s1. The second-order valence-electron chi connectivity index (χ2n) is 19.1. The van der Waals surface area contributed by atoms with E-state index in [2.05, 4.69) is 108 Å². The minimum absolute atomic E-state index is 0.139. The van der Waals surface area contributed by atoms with Gasteiger partial charge in [0.2, 0.25) is 5.91 Å². The number of aromatic nitrogens is 3. The molecule has 1 aliphatic carbocycles. The molecule has 8 rings (SSSR count). The van der Waals surface area contributed by atoms with Crippen molar-refractivity contribution in [3.8, 4) is 22.5 Å². The average Bonchev–Trinajstić information content (AvgIpc) is 3.88. The van der Waals surface area contributed by atoms with E-state index in [-0.39, 0.29) is 36.9 Å². The lowest BCUT2D eigenvalue weighted by Gasteiger charge is -2.52. The summed E-state index contributed by atoms with van der Waals surface area (Å²) < 4.78 is 14.6. The van der Waals surface area contributed by atoms with E-state index in [9.17, 15) is 14.4 Å². The fraction of sp³-hybridized carbons (Fsp3) is 0.604. The number of carbonyl (C=O) groups is 3. The number of methoxy groups -OCH3 is 1. The summed E-state index contributed by atoms with van der Waals surface area (Å²) in [5.74, 6) is -0.667. The van der Waals surface area contributed by atoms with Crippen LogP contribution in [-0.2, 0) is 43.2 Å². The Balaban J connectivity index is 1.25. The van der Waals surface area contributed by atoms with Gasteiger partial charge in [-0.2, -0.15) is 0 Å². The Morgan fingerprint density at radius 2 is 1.90 bits per heavy atom. The van der Waals surface area contributed by atoms with Crippen LogP contribution in [0, 0.1) is 11.3 Å². The van der Waals surface area contributed by atoms with Crippen LogP contribution in [0.25, 0.3) is 33.4 Å². The van der Waals surface area contributed by atoms with Gasteiger partial charge in [-0.15, -0.1) is 11.3 Å². The number of nitrogens with zero attached hydrogens (tertiary/aromatic N) is 7. The largest absolute Gasteiger partial charge is 0.464 e. The Hall–Kier alpha value is -4.41. The molecule has 2 saturated heterocycles. The van der Waals surface area contributed by atoms with Crippen LogP contribution in [0.15, 0.2) is 35.8 Å². The van der Waals surface area contributed by atoms with Gasteiger partial charge in [0.15, 0.2) is 0 Å². The molecule has 4 aliphatic rings. The van der Waals surface area contributed by atoms with Crippen molar-refractivity contribution in [2.45, 2.75) is 110 Å². The highest BCUT2D eigenvalue weighted by molar-refractivity contribution is 7.10. The average molecular weight is 882 g/mol. The summed E-state index contributed by atoms with van der Waals surface area (Å²) in [7, 11) is 5.88. The first-order valence-corrected chi connectivity index (χ1v) is 23.9. The number of benzene rings is 1. The molecule has 3 fully saturated rings. The van der Waals surface area contributed by atoms with E-state index >= 15 is 0 Å². The van der Waals surface area contributed by atoms with E-state index in [1.54, 1.807) is 7.11 Å². The first-order chi connectivity index (χ1) is 30.2. The molecule has 340 valence electrons. The molecular formula is C48H67N9O5S. The summed E-state index contributed by atoms with van der Waals surface area (Å²) in [6.07, 6.45) is 5.40. The number of hydrogen-bond acceptors (Lipinski definition) is 12. The summed E-state index contributed by atoms with van der Waals surface area (Å²) in [6.45, 7) is 18.5. The number of thiazole rings is 1. The highest BCUT2D eigenvalue weighted by Gasteiger charge is 2.53. The molecule has 2 N–H and O–H groups in total. The molecule has 5 atom stereocenters. The number of amides is 2. The van der Waals surface area contributed by atoms with E-state index in [1.807, 2.05) is 13.2 Å². The summed E-state index contributed by atoms with van der Waals surface area (Å²) in [6, 6.07) is 7.28. The van der Waals surface area contributed by atoms with Gasteiger partial charge in [0.1, 0.15) is 17.6 Å². The van der Waals surface area contributed by atoms with Crippen molar-refractivity contribution in [2.75, 3.05) is 72.0 Å². The van der Waals surface area contributed by atoms with Crippen molar-refractivity contribution < 1.29 is 23.9 Å². The molecule has 3 aromatic heterocycles. The Morgan fingerprint density at radius 3 is 2.59 bits per heavy atom. The number of pyridine rings is 1. The predicted octanol–water partition coefficient (Wildman–Crippen LogP) is 6.07. The number of cyclic esters (lactones) is 1. The van der Waals surface area contributed by atoms with Gasteiger partial charge in [-0.25, -0.2) is 10.4 Å². The number of hydrazine groups is 1. The van der Waals surface area contributed by atoms with Gasteiger partial charge in [-0.3, -0.25) is 29.3 Å². The zero-order chi connectivity index (χ0) is 44.8. The van der Waals surface area contributed by atoms with Crippen LogP contribution in [0.3, 0.4) is 0 Å². The fourth-order valence-corrected chi connectivity index (χ4v) is 11.0. The summed E-state index contributed by atoms with van der Waals surface area (Å²) >= 11 is 1.50. The van der Waals surface area contributed by atoms with Gasteiger partial charge < -0.3 is 29.2 Å². The van der Waals surface area contributed by atoms with Crippen molar-refractivity contribution in [3.05, 3.63) is 52.1 Å². The van der Waals surface area contributed by atoms with Gasteiger partial charge in [-0.05, 0) is 96.3 Å².